The second-order valence-electron chi connectivity index (χ2n) is 3.86. The van der Waals surface area contributed by atoms with Crippen molar-refractivity contribution in [3.8, 4) is 5.75 Å². The highest BCUT2D eigenvalue weighted by molar-refractivity contribution is 5.80. The molecule has 3 heteroatoms. The Hall–Kier alpha value is -1.51. The van der Waals surface area contributed by atoms with Crippen LogP contribution in [0, 0.1) is 6.92 Å². The molecule has 1 aromatic rings. The molecule has 1 aromatic carbocycles. The molecular formula is C13H19NO2. The Bertz CT molecular complexity index is 332. The van der Waals surface area contributed by atoms with E-state index in [4.69, 9.17) is 4.74 Å². The number of hydrogen-bond donors (Lipinski definition) is 1. The predicted octanol–water partition coefficient (Wildman–Crippen LogP) is 2.29. The van der Waals surface area contributed by atoms with Gasteiger partial charge in [0.05, 0.1) is 0 Å². The Morgan fingerprint density at radius 3 is 2.56 bits per heavy atom. The molecule has 0 fully saturated rings. The molecule has 0 aliphatic rings. The van der Waals surface area contributed by atoms with Crippen molar-refractivity contribution < 1.29 is 9.53 Å². The second kappa shape index (κ2) is 6.16. The molecule has 88 valence electrons. The lowest BCUT2D eigenvalue weighted by Crippen LogP contribution is -2.36. The van der Waals surface area contributed by atoms with E-state index in [0.717, 1.165) is 12.2 Å². The van der Waals surface area contributed by atoms with Gasteiger partial charge in [-0.15, -0.1) is 0 Å². The fourth-order valence-corrected chi connectivity index (χ4v) is 1.27. The molecule has 0 aromatic heterocycles. The molecule has 0 spiro atoms. The van der Waals surface area contributed by atoms with Gasteiger partial charge in [-0.3, -0.25) is 4.79 Å². The van der Waals surface area contributed by atoms with Gasteiger partial charge < -0.3 is 10.1 Å². The molecule has 3 nitrogen and oxygen atoms in total. The Morgan fingerprint density at radius 1 is 1.38 bits per heavy atom. The largest absolute Gasteiger partial charge is 0.481 e. The van der Waals surface area contributed by atoms with Crippen molar-refractivity contribution in [3.05, 3.63) is 29.8 Å². The molecule has 0 radical (unpaired) electrons. The smallest absolute Gasteiger partial charge is 0.260 e. The van der Waals surface area contributed by atoms with Gasteiger partial charge in [0.15, 0.2) is 6.10 Å². The highest BCUT2D eigenvalue weighted by Crippen LogP contribution is 2.13. The summed E-state index contributed by atoms with van der Waals surface area (Å²) in [6.45, 7) is 6.48. The molecule has 0 heterocycles. The number of aryl methyl sites for hydroxylation is 1. The molecule has 0 unspecified atom stereocenters. The maximum Gasteiger partial charge on any atom is 0.260 e. The van der Waals surface area contributed by atoms with Crippen molar-refractivity contribution in [3.63, 3.8) is 0 Å². The molecule has 0 aliphatic carbocycles. The van der Waals surface area contributed by atoms with Crippen LogP contribution in [0.25, 0.3) is 0 Å². The molecule has 0 bridgehead atoms. The van der Waals surface area contributed by atoms with Gasteiger partial charge in [-0.05, 0) is 32.4 Å². The normalized spacial score (nSPS) is 11.9. The molecule has 0 aliphatic heterocycles. The summed E-state index contributed by atoms with van der Waals surface area (Å²) in [5, 5.41) is 2.80. The first-order valence-electron chi connectivity index (χ1n) is 5.64. The fraction of sp³-hybridized carbons (Fsp3) is 0.462. The third-order valence-electron chi connectivity index (χ3n) is 2.25. The summed E-state index contributed by atoms with van der Waals surface area (Å²) in [6.07, 6.45) is 0.484. The Morgan fingerprint density at radius 2 is 2.00 bits per heavy atom. The summed E-state index contributed by atoms with van der Waals surface area (Å²) in [7, 11) is 0. The van der Waals surface area contributed by atoms with Gasteiger partial charge >= 0.3 is 0 Å². The third kappa shape index (κ3) is 3.93. The average Bonchev–Trinajstić information content (AvgIpc) is 2.29. The standard InChI is InChI=1S/C13H19NO2/c1-4-9-14-13(15)11(3)16-12-7-5-10(2)6-8-12/h5-8,11H,4,9H2,1-3H3,(H,14,15)/t11-/m0/s1. The molecule has 1 N–H and O–H groups in total. The van der Waals surface area contributed by atoms with Gasteiger partial charge in [0.1, 0.15) is 5.75 Å². The van der Waals surface area contributed by atoms with Gasteiger partial charge in [0, 0.05) is 6.54 Å². The highest BCUT2D eigenvalue weighted by atomic mass is 16.5. The minimum Gasteiger partial charge on any atom is -0.481 e. The van der Waals surface area contributed by atoms with Gasteiger partial charge in [-0.25, -0.2) is 0 Å². The van der Waals surface area contributed by atoms with Crippen molar-refractivity contribution in [2.75, 3.05) is 6.54 Å². The van der Waals surface area contributed by atoms with Crippen molar-refractivity contribution in [1.82, 2.24) is 5.32 Å². The first-order chi connectivity index (χ1) is 7.63. The molecular weight excluding hydrogens is 202 g/mol. The van der Waals surface area contributed by atoms with E-state index in [1.165, 1.54) is 5.56 Å². The zero-order valence-electron chi connectivity index (χ0n) is 10.1. The van der Waals surface area contributed by atoms with Crippen LogP contribution in [0.4, 0.5) is 0 Å². The zero-order valence-corrected chi connectivity index (χ0v) is 10.1. The van der Waals surface area contributed by atoms with Crippen LogP contribution in [0.5, 0.6) is 5.75 Å². The topological polar surface area (TPSA) is 38.3 Å². The number of nitrogens with one attached hydrogen (secondary N) is 1. The summed E-state index contributed by atoms with van der Waals surface area (Å²) in [4.78, 5) is 11.5. The van der Waals surface area contributed by atoms with Crippen LogP contribution in [-0.2, 0) is 4.79 Å². The summed E-state index contributed by atoms with van der Waals surface area (Å²) in [5.74, 6) is 0.659. The quantitative estimate of drug-likeness (QED) is 0.828. The summed E-state index contributed by atoms with van der Waals surface area (Å²) >= 11 is 0. The lowest BCUT2D eigenvalue weighted by molar-refractivity contribution is -0.127. The van der Waals surface area contributed by atoms with Crippen LogP contribution in [0.2, 0.25) is 0 Å². The summed E-state index contributed by atoms with van der Waals surface area (Å²) in [5.41, 5.74) is 1.18. The van der Waals surface area contributed by atoms with E-state index in [-0.39, 0.29) is 5.91 Å². The molecule has 0 saturated carbocycles. The fourth-order valence-electron chi connectivity index (χ4n) is 1.27. The zero-order chi connectivity index (χ0) is 12.0. The minimum atomic E-state index is -0.450. The van der Waals surface area contributed by atoms with Crippen molar-refractivity contribution in [2.45, 2.75) is 33.3 Å². The lowest BCUT2D eigenvalue weighted by Gasteiger charge is -2.14. The van der Waals surface area contributed by atoms with E-state index in [0.29, 0.717) is 6.54 Å². The second-order valence-corrected chi connectivity index (χ2v) is 3.86. The van der Waals surface area contributed by atoms with Crippen molar-refractivity contribution >= 4 is 5.91 Å². The number of ether oxygens (including phenoxy) is 1. The summed E-state index contributed by atoms with van der Waals surface area (Å²) < 4.78 is 5.52. The van der Waals surface area contributed by atoms with E-state index >= 15 is 0 Å². The number of hydrogen-bond acceptors (Lipinski definition) is 2. The molecule has 0 saturated heterocycles. The van der Waals surface area contributed by atoms with E-state index in [1.807, 2.05) is 38.1 Å². The Balaban J connectivity index is 2.47. The van der Waals surface area contributed by atoms with E-state index < -0.39 is 6.10 Å². The van der Waals surface area contributed by atoms with Crippen molar-refractivity contribution in [2.24, 2.45) is 0 Å². The van der Waals surface area contributed by atoms with Gasteiger partial charge in [0.2, 0.25) is 0 Å². The molecule has 16 heavy (non-hydrogen) atoms. The first kappa shape index (κ1) is 12.6. The maximum atomic E-state index is 11.5. The molecule has 1 rings (SSSR count). The van der Waals surface area contributed by atoms with E-state index in [1.54, 1.807) is 6.92 Å². The number of carbonyl (C=O) groups excluding carboxylic acids is 1. The van der Waals surface area contributed by atoms with Gasteiger partial charge in [-0.2, -0.15) is 0 Å². The predicted molar refractivity (Wildman–Crippen MR) is 64.6 cm³/mol. The van der Waals surface area contributed by atoms with Crippen molar-refractivity contribution in [1.29, 1.82) is 0 Å². The number of benzene rings is 1. The summed E-state index contributed by atoms with van der Waals surface area (Å²) in [6, 6.07) is 7.68. The maximum absolute atomic E-state index is 11.5. The number of rotatable bonds is 5. The van der Waals surface area contributed by atoms with Gasteiger partial charge in [0.25, 0.3) is 5.91 Å². The first-order valence-corrected chi connectivity index (χ1v) is 5.64. The van der Waals surface area contributed by atoms with Crippen LogP contribution >= 0.6 is 0 Å². The van der Waals surface area contributed by atoms with E-state index in [9.17, 15) is 4.79 Å². The van der Waals surface area contributed by atoms with Crippen LogP contribution in [0.3, 0.4) is 0 Å². The van der Waals surface area contributed by atoms with Crippen LogP contribution in [0.1, 0.15) is 25.8 Å². The number of carbonyl (C=O) groups is 1. The van der Waals surface area contributed by atoms with Gasteiger partial charge in [-0.1, -0.05) is 24.6 Å². The lowest BCUT2D eigenvalue weighted by atomic mass is 10.2. The Labute approximate surface area is 96.8 Å². The average molecular weight is 221 g/mol. The molecule has 1 amide bonds. The third-order valence-corrected chi connectivity index (χ3v) is 2.25. The molecule has 1 atom stereocenters. The minimum absolute atomic E-state index is 0.0672. The SMILES string of the molecule is CCCNC(=O)[C@H](C)Oc1ccc(C)cc1. The monoisotopic (exact) mass is 221 g/mol. The van der Waals surface area contributed by atoms with Crippen LogP contribution < -0.4 is 10.1 Å². The Kier molecular flexibility index (Phi) is 4.83. The number of amides is 1. The van der Waals surface area contributed by atoms with Crippen LogP contribution in [-0.4, -0.2) is 18.6 Å². The van der Waals surface area contributed by atoms with E-state index in [2.05, 4.69) is 5.32 Å². The highest BCUT2D eigenvalue weighted by Gasteiger charge is 2.13. The van der Waals surface area contributed by atoms with Crippen LogP contribution in [0.15, 0.2) is 24.3 Å².